The zero-order valence-corrected chi connectivity index (χ0v) is 11.2. The summed E-state index contributed by atoms with van der Waals surface area (Å²) in [6.07, 6.45) is -3.94. The van der Waals surface area contributed by atoms with Crippen LogP contribution in [0.4, 0.5) is 13.2 Å². The van der Waals surface area contributed by atoms with Crippen molar-refractivity contribution in [3.8, 4) is 0 Å². The first-order chi connectivity index (χ1) is 9.91. The van der Waals surface area contributed by atoms with Crippen LogP contribution in [-0.2, 0) is 12.6 Å². The molecule has 0 saturated heterocycles. The smallest absolute Gasteiger partial charge is 0.416 e. The number of aryl methyl sites for hydroxylation is 1. The molecule has 1 heterocycles. The fraction of sp³-hybridized carbons (Fsp3) is 0.188. The fourth-order valence-corrected chi connectivity index (χ4v) is 2.15. The Morgan fingerprint density at radius 1 is 1.05 bits per heavy atom. The number of oxazole rings is 1. The summed E-state index contributed by atoms with van der Waals surface area (Å²) in [6.45, 7) is 1.96. The van der Waals surface area contributed by atoms with Gasteiger partial charge in [0.1, 0.15) is 5.52 Å². The molecule has 0 bridgehead atoms. The van der Waals surface area contributed by atoms with E-state index in [1.807, 2.05) is 25.1 Å². The van der Waals surface area contributed by atoms with Crippen LogP contribution in [0.5, 0.6) is 0 Å². The third-order valence-corrected chi connectivity index (χ3v) is 3.22. The number of rotatable bonds is 2. The van der Waals surface area contributed by atoms with E-state index in [-0.39, 0.29) is 0 Å². The van der Waals surface area contributed by atoms with Crippen molar-refractivity contribution in [3.63, 3.8) is 0 Å². The summed E-state index contributed by atoms with van der Waals surface area (Å²) < 4.78 is 43.1. The van der Waals surface area contributed by atoms with E-state index in [4.69, 9.17) is 4.42 Å². The number of benzene rings is 2. The van der Waals surface area contributed by atoms with Gasteiger partial charge in [0.05, 0.1) is 5.56 Å². The van der Waals surface area contributed by atoms with Crippen LogP contribution >= 0.6 is 0 Å². The van der Waals surface area contributed by atoms with Gasteiger partial charge in [0.15, 0.2) is 11.5 Å². The van der Waals surface area contributed by atoms with E-state index >= 15 is 0 Å². The van der Waals surface area contributed by atoms with Crippen molar-refractivity contribution in [2.45, 2.75) is 19.5 Å². The number of hydrogen-bond acceptors (Lipinski definition) is 2. The predicted octanol–water partition coefficient (Wildman–Crippen LogP) is 4.75. The number of nitrogens with zero attached hydrogens (tertiary/aromatic N) is 1. The second-order valence-electron chi connectivity index (χ2n) is 4.95. The molecule has 0 fully saturated rings. The molecule has 0 aliphatic carbocycles. The SMILES string of the molecule is Cc1ccc2oc(Cc3ccc(C(F)(F)F)cc3)nc2c1. The topological polar surface area (TPSA) is 26.0 Å². The van der Waals surface area contributed by atoms with Crippen LogP contribution in [0.2, 0.25) is 0 Å². The van der Waals surface area contributed by atoms with Gasteiger partial charge in [-0.15, -0.1) is 0 Å². The third-order valence-electron chi connectivity index (χ3n) is 3.22. The first-order valence-electron chi connectivity index (χ1n) is 6.44. The van der Waals surface area contributed by atoms with E-state index in [0.29, 0.717) is 17.9 Å². The van der Waals surface area contributed by atoms with E-state index < -0.39 is 11.7 Å². The lowest BCUT2D eigenvalue weighted by atomic mass is 10.1. The molecular weight excluding hydrogens is 279 g/mol. The lowest BCUT2D eigenvalue weighted by molar-refractivity contribution is -0.137. The molecule has 1 aromatic heterocycles. The molecule has 0 spiro atoms. The van der Waals surface area contributed by atoms with E-state index in [1.165, 1.54) is 12.1 Å². The summed E-state index contributed by atoms with van der Waals surface area (Å²) in [5.74, 6) is 0.496. The van der Waals surface area contributed by atoms with Crippen LogP contribution in [0.15, 0.2) is 46.9 Å². The highest BCUT2D eigenvalue weighted by molar-refractivity contribution is 5.73. The second kappa shape index (κ2) is 4.91. The Morgan fingerprint density at radius 3 is 2.43 bits per heavy atom. The Morgan fingerprint density at radius 2 is 1.76 bits per heavy atom. The molecule has 21 heavy (non-hydrogen) atoms. The maximum atomic E-state index is 12.5. The van der Waals surface area contributed by atoms with Gasteiger partial charge in [-0.3, -0.25) is 0 Å². The maximum absolute atomic E-state index is 12.5. The molecule has 0 amide bonds. The summed E-state index contributed by atoms with van der Waals surface area (Å²) in [5.41, 5.74) is 2.60. The average Bonchev–Trinajstić information content (AvgIpc) is 2.79. The molecule has 0 radical (unpaired) electrons. The van der Waals surface area contributed by atoms with E-state index in [0.717, 1.165) is 28.8 Å². The van der Waals surface area contributed by atoms with Crippen LogP contribution in [0.1, 0.15) is 22.6 Å². The van der Waals surface area contributed by atoms with Crippen molar-refractivity contribution in [2.24, 2.45) is 0 Å². The molecular formula is C16H12F3NO. The predicted molar refractivity (Wildman–Crippen MR) is 73.0 cm³/mol. The van der Waals surface area contributed by atoms with Gasteiger partial charge in [0, 0.05) is 6.42 Å². The molecule has 0 atom stereocenters. The minimum Gasteiger partial charge on any atom is -0.440 e. The van der Waals surface area contributed by atoms with Crippen molar-refractivity contribution >= 4 is 11.1 Å². The molecule has 3 rings (SSSR count). The highest BCUT2D eigenvalue weighted by Crippen LogP contribution is 2.29. The van der Waals surface area contributed by atoms with Crippen LogP contribution in [0.3, 0.4) is 0 Å². The molecule has 2 aromatic carbocycles. The highest BCUT2D eigenvalue weighted by atomic mass is 19.4. The van der Waals surface area contributed by atoms with Crippen LogP contribution in [-0.4, -0.2) is 4.98 Å². The largest absolute Gasteiger partial charge is 0.440 e. The monoisotopic (exact) mass is 291 g/mol. The highest BCUT2D eigenvalue weighted by Gasteiger charge is 2.29. The first kappa shape index (κ1) is 13.7. The normalized spacial score (nSPS) is 12.0. The van der Waals surface area contributed by atoms with Gasteiger partial charge in [-0.2, -0.15) is 13.2 Å². The van der Waals surface area contributed by atoms with Gasteiger partial charge in [-0.05, 0) is 42.3 Å². The first-order valence-corrected chi connectivity index (χ1v) is 6.44. The number of hydrogen-bond donors (Lipinski definition) is 0. The molecule has 0 N–H and O–H groups in total. The third kappa shape index (κ3) is 2.91. The Balaban J connectivity index is 1.84. The lowest BCUT2D eigenvalue weighted by Gasteiger charge is -2.06. The summed E-state index contributed by atoms with van der Waals surface area (Å²) in [6, 6.07) is 10.7. The van der Waals surface area contributed by atoms with Gasteiger partial charge in [-0.1, -0.05) is 18.2 Å². The van der Waals surface area contributed by atoms with Gasteiger partial charge >= 0.3 is 6.18 Å². The van der Waals surface area contributed by atoms with Crippen LogP contribution < -0.4 is 0 Å². The quantitative estimate of drug-likeness (QED) is 0.681. The minimum absolute atomic E-state index is 0.367. The Kier molecular flexibility index (Phi) is 3.20. The lowest BCUT2D eigenvalue weighted by Crippen LogP contribution is -2.04. The van der Waals surface area contributed by atoms with E-state index in [2.05, 4.69) is 4.98 Å². The zero-order chi connectivity index (χ0) is 15.0. The van der Waals surface area contributed by atoms with Gasteiger partial charge in [0.2, 0.25) is 0 Å². The second-order valence-corrected chi connectivity index (χ2v) is 4.95. The van der Waals surface area contributed by atoms with E-state index in [9.17, 15) is 13.2 Å². The van der Waals surface area contributed by atoms with Crippen molar-refractivity contribution in [1.29, 1.82) is 0 Å². The molecule has 0 saturated carbocycles. The Labute approximate surface area is 119 Å². The van der Waals surface area contributed by atoms with Crippen molar-refractivity contribution in [3.05, 3.63) is 65.0 Å². The maximum Gasteiger partial charge on any atom is 0.416 e. The molecule has 108 valence electrons. The van der Waals surface area contributed by atoms with E-state index in [1.54, 1.807) is 0 Å². The standard InChI is InChI=1S/C16H12F3NO/c1-10-2-7-14-13(8-10)20-15(21-14)9-11-3-5-12(6-4-11)16(17,18)19/h2-8H,9H2,1H3. The number of halogens is 3. The Bertz CT molecular complexity index is 772. The summed E-state index contributed by atoms with van der Waals surface area (Å²) in [4.78, 5) is 4.35. The number of alkyl halides is 3. The van der Waals surface area contributed by atoms with Crippen molar-refractivity contribution < 1.29 is 17.6 Å². The summed E-state index contributed by atoms with van der Waals surface area (Å²) in [7, 11) is 0. The number of aromatic nitrogens is 1. The molecule has 2 nitrogen and oxygen atoms in total. The molecule has 0 aliphatic heterocycles. The molecule has 5 heteroatoms. The summed E-state index contributed by atoms with van der Waals surface area (Å²) >= 11 is 0. The molecule has 0 aliphatic rings. The van der Waals surface area contributed by atoms with Crippen LogP contribution in [0.25, 0.3) is 11.1 Å². The summed E-state index contributed by atoms with van der Waals surface area (Å²) in [5, 5.41) is 0. The van der Waals surface area contributed by atoms with Crippen LogP contribution in [0, 0.1) is 6.92 Å². The van der Waals surface area contributed by atoms with Crippen molar-refractivity contribution in [2.75, 3.05) is 0 Å². The van der Waals surface area contributed by atoms with Crippen molar-refractivity contribution in [1.82, 2.24) is 4.98 Å². The van der Waals surface area contributed by atoms with Gasteiger partial charge in [-0.25, -0.2) is 4.98 Å². The molecule has 3 aromatic rings. The van der Waals surface area contributed by atoms with Gasteiger partial charge in [0.25, 0.3) is 0 Å². The van der Waals surface area contributed by atoms with Gasteiger partial charge < -0.3 is 4.42 Å². The molecule has 0 unspecified atom stereocenters. The Hall–Kier alpha value is -2.30. The minimum atomic E-state index is -4.31. The number of fused-ring (bicyclic) bond motifs is 1. The average molecular weight is 291 g/mol. The zero-order valence-electron chi connectivity index (χ0n) is 11.2. The fourth-order valence-electron chi connectivity index (χ4n) is 2.15.